The second-order valence-electron chi connectivity index (χ2n) is 6.32. The molecule has 0 saturated carbocycles. The molecule has 30 heavy (non-hydrogen) atoms. The van der Waals surface area contributed by atoms with Crippen molar-refractivity contribution in [1.82, 2.24) is 4.98 Å². The lowest BCUT2D eigenvalue weighted by Crippen LogP contribution is -2.03. The van der Waals surface area contributed by atoms with E-state index in [0.717, 1.165) is 28.3 Å². The number of methoxy groups -OCH3 is 1. The number of halogens is 3. The zero-order chi connectivity index (χ0) is 21.7. The lowest BCUT2D eigenvalue weighted by molar-refractivity contribution is -0.137. The maximum Gasteiger partial charge on any atom is 0.416 e. The molecule has 0 aliphatic rings. The molecule has 0 aliphatic heterocycles. The van der Waals surface area contributed by atoms with Gasteiger partial charge >= 0.3 is 12.1 Å². The van der Waals surface area contributed by atoms with Crippen LogP contribution in [0, 0.1) is 6.92 Å². The van der Waals surface area contributed by atoms with E-state index >= 15 is 0 Å². The van der Waals surface area contributed by atoms with Crippen LogP contribution in [0.3, 0.4) is 0 Å². The summed E-state index contributed by atoms with van der Waals surface area (Å²) in [4.78, 5) is 16.5. The van der Waals surface area contributed by atoms with Gasteiger partial charge in [0.2, 0.25) is 0 Å². The van der Waals surface area contributed by atoms with Crippen molar-refractivity contribution in [3.63, 3.8) is 0 Å². The van der Waals surface area contributed by atoms with Gasteiger partial charge in [0.15, 0.2) is 0 Å². The SMILES string of the molecule is COC(=O)/C=C/c1ccc(OCc2sc(-c3ccc(C(F)(F)F)cc3)nc2C)cc1. The highest BCUT2D eigenvalue weighted by molar-refractivity contribution is 7.15. The summed E-state index contributed by atoms with van der Waals surface area (Å²) in [7, 11) is 1.31. The molecule has 0 N–H and O–H groups in total. The topological polar surface area (TPSA) is 48.4 Å². The zero-order valence-corrected chi connectivity index (χ0v) is 17.0. The second-order valence-corrected chi connectivity index (χ2v) is 7.40. The Morgan fingerprint density at radius 3 is 2.37 bits per heavy atom. The molecule has 0 bridgehead atoms. The number of carbonyl (C=O) groups is 1. The van der Waals surface area contributed by atoms with Crippen LogP contribution in [0.4, 0.5) is 13.2 Å². The van der Waals surface area contributed by atoms with Crippen molar-refractivity contribution in [2.75, 3.05) is 7.11 Å². The number of thiazole rings is 1. The second kappa shape index (κ2) is 9.13. The molecule has 0 spiro atoms. The summed E-state index contributed by atoms with van der Waals surface area (Å²) in [6, 6.07) is 12.1. The molecule has 1 heterocycles. The summed E-state index contributed by atoms with van der Waals surface area (Å²) in [6.45, 7) is 2.13. The summed E-state index contributed by atoms with van der Waals surface area (Å²) in [5.41, 5.74) is 1.54. The molecule has 3 rings (SSSR count). The van der Waals surface area contributed by atoms with Crippen molar-refractivity contribution in [3.8, 4) is 16.3 Å². The minimum atomic E-state index is -4.36. The number of benzene rings is 2. The number of hydrogen-bond donors (Lipinski definition) is 0. The number of nitrogens with zero attached hydrogens (tertiary/aromatic N) is 1. The first-order valence-electron chi connectivity index (χ1n) is 8.89. The monoisotopic (exact) mass is 433 g/mol. The van der Waals surface area contributed by atoms with Crippen LogP contribution in [0.1, 0.15) is 21.7 Å². The Hall–Kier alpha value is -3.13. The van der Waals surface area contributed by atoms with Gasteiger partial charge in [0.05, 0.1) is 23.2 Å². The Morgan fingerprint density at radius 1 is 1.10 bits per heavy atom. The first-order chi connectivity index (χ1) is 14.3. The summed E-state index contributed by atoms with van der Waals surface area (Å²) in [6.07, 6.45) is -1.39. The van der Waals surface area contributed by atoms with E-state index in [2.05, 4.69) is 9.72 Å². The first kappa shape index (κ1) is 21.6. The fraction of sp³-hybridized carbons (Fsp3) is 0.182. The van der Waals surface area contributed by atoms with Crippen molar-refractivity contribution in [3.05, 3.63) is 76.3 Å². The normalized spacial score (nSPS) is 11.6. The van der Waals surface area contributed by atoms with Gasteiger partial charge in [0.1, 0.15) is 17.4 Å². The number of ether oxygens (including phenoxy) is 2. The molecule has 0 atom stereocenters. The van der Waals surface area contributed by atoms with E-state index in [9.17, 15) is 18.0 Å². The molecule has 8 heteroatoms. The molecule has 0 fully saturated rings. The highest BCUT2D eigenvalue weighted by atomic mass is 32.1. The molecule has 0 amide bonds. The largest absolute Gasteiger partial charge is 0.488 e. The molecule has 156 valence electrons. The summed E-state index contributed by atoms with van der Waals surface area (Å²) in [5.74, 6) is 0.217. The average molecular weight is 433 g/mol. The zero-order valence-electron chi connectivity index (χ0n) is 16.2. The molecule has 0 unspecified atom stereocenters. The summed E-state index contributed by atoms with van der Waals surface area (Å²) in [5, 5.41) is 0.642. The smallest absolute Gasteiger partial charge is 0.416 e. The third-order valence-corrected chi connectivity index (χ3v) is 5.39. The molecule has 1 aromatic heterocycles. The van der Waals surface area contributed by atoms with Gasteiger partial charge in [0, 0.05) is 11.6 Å². The van der Waals surface area contributed by atoms with Crippen LogP contribution < -0.4 is 4.74 Å². The van der Waals surface area contributed by atoms with E-state index in [1.807, 2.05) is 19.1 Å². The number of rotatable bonds is 6. The molecular weight excluding hydrogens is 415 g/mol. The van der Waals surface area contributed by atoms with Crippen molar-refractivity contribution in [1.29, 1.82) is 0 Å². The number of carbonyl (C=O) groups excluding carboxylic acids is 1. The maximum atomic E-state index is 12.7. The van der Waals surface area contributed by atoms with E-state index in [1.165, 1.54) is 36.7 Å². The quantitative estimate of drug-likeness (QED) is 0.359. The van der Waals surface area contributed by atoms with Crippen LogP contribution in [-0.2, 0) is 22.3 Å². The lowest BCUT2D eigenvalue weighted by Gasteiger charge is -2.06. The van der Waals surface area contributed by atoms with Crippen LogP contribution in [0.5, 0.6) is 5.75 Å². The Labute approximate surface area is 175 Å². The molecule has 3 aromatic rings. The third-order valence-electron chi connectivity index (χ3n) is 4.21. The molecule has 0 radical (unpaired) electrons. The maximum absolute atomic E-state index is 12.7. The van der Waals surface area contributed by atoms with Crippen LogP contribution in [0.15, 0.2) is 54.6 Å². The Morgan fingerprint density at radius 2 is 1.77 bits per heavy atom. The molecule has 2 aromatic carbocycles. The highest BCUT2D eigenvalue weighted by Gasteiger charge is 2.30. The van der Waals surface area contributed by atoms with Gasteiger partial charge in [0.25, 0.3) is 0 Å². The molecule has 0 saturated heterocycles. The van der Waals surface area contributed by atoms with Gasteiger partial charge in [-0.3, -0.25) is 0 Å². The Bertz CT molecular complexity index is 1040. The Kier molecular flexibility index (Phi) is 6.56. The van der Waals surface area contributed by atoms with Gasteiger partial charge in [-0.05, 0) is 42.8 Å². The third kappa shape index (κ3) is 5.48. The van der Waals surface area contributed by atoms with Crippen molar-refractivity contribution in [2.24, 2.45) is 0 Å². The van der Waals surface area contributed by atoms with Crippen molar-refractivity contribution >= 4 is 23.4 Å². The van der Waals surface area contributed by atoms with Gasteiger partial charge in [-0.15, -0.1) is 11.3 Å². The van der Waals surface area contributed by atoms with Crippen molar-refractivity contribution < 1.29 is 27.4 Å². The average Bonchev–Trinajstić information content (AvgIpc) is 3.11. The number of alkyl halides is 3. The first-order valence-corrected chi connectivity index (χ1v) is 9.71. The molecule has 4 nitrogen and oxygen atoms in total. The summed E-state index contributed by atoms with van der Waals surface area (Å²) >= 11 is 1.38. The summed E-state index contributed by atoms with van der Waals surface area (Å²) < 4.78 is 48.5. The minimum absolute atomic E-state index is 0.293. The fourth-order valence-electron chi connectivity index (χ4n) is 2.54. The predicted molar refractivity (Wildman–Crippen MR) is 109 cm³/mol. The minimum Gasteiger partial charge on any atom is -0.488 e. The van der Waals surface area contributed by atoms with Crippen LogP contribution in [-0.4, -0.2) is 18.1 Å². The van der Waals surface area contributed by atoms with Gasteiger partial charge in [-0.25, -0.2) is 9.78 Å². The van der Waals surface area contributed by atoms with Crippen LogP contribution in [0.2, 0.25) is 0 Å². The van der Waals surface area contributed by atoms with Crippen molar-refractivity contribution in [2.45, 2.75) is 19.7 Å². The van der Waals surface area contributed by atoms with E-state index in [-0.39, 0.29) is 0 Å². The van der Waals surface area contributed by atoms with Gasteiger partial charge < -0.3 is 9.47 Å². The standard InChI is InChI=1S/C22H18F3NO3S/c1-14-19(13-29-18-10-3-15(4-11-18)5-12-20(27)28-2)30-21(26-14)16-6-8-17(9-7-16)22(23,24)25/h3-12H,13H2,1-2H3/b12-5+. The Balaban J connectivity index is 1.65. The highest BCUT2D eigenvalue weighted by Crippen LogP contribution is 2.33. The molecular formula is C22H18F3NO3S. The number of aryl methyl sites for hydroxylation is 1. The predicted octanol–water partition coefficient (Wildman–Crippen LogP) is 5.90. The van der Waals surface area contributed by atoms with E-state index < -0.39 is 17.7 Å². The van der Waals surface area contributed by atoms with Gasteiger partial charge in [-0.1, -0.05) is 24.3 Å². The number of aromatic nitrogens is 1. The lowest BCUT2D eigenvalue weighted by atomic mass is 10.1. The fourth-order valence-corrected chi connectivity index (χ4v) is 3.52. The van der Waals surface area contributed by atoms with E-state index in [0.29, 0.717) is 22.9 Å². The van der Waals surface area contributed by atoms with E-state index in [1.54, 1.807) is 18.2 Å². The van der Waals surface area contributed by atoms with Crippen LogP contribution in [0.25, 0.3) is 16.6 Å². The molecule has 0 aliphatic carbocycles. The van der Waals surface area contributed by atoms with Gasteiger partial charge in [-0.2, -0.15) is 13.2 Å². The van der Waals surface area contributed by atoms with E-state index in [4.69, 9.17) is 4.74 Å². The van der Waals surface area contributed by atoms with Crippen LogP contribution >= 0.6 is 11.3 Å². The number of hydrogen-bond acceptors (Lipinski definition) is 5. The number of esters is 1.